The molecule has 0 aromatic rings. The fourth-order valence-corrected chi connectivity index (χ4v) is 1.65. The van der Waals surface area contributed by atoms with Gasteiger partial charge in [0.25, 0.3) is 0 Å². The van der Waals surface area contributed by atoms with Crippen LogP contribution in [-0.4, -0.2) is 48.8 Å². The summed E-state index contributed by atoms with van der Waals surface area (Å²) < 4.78 is 10.6. The highest BCUT2D eigenvalue weighted by Gasteiger charge is 2.25. The van der Waals surface area contributed by atoms with Crippen LogP contribution in [0, 0.1) is 0 Å². The molecule has 88 valence electrons. The third kappa shape index (κ3) is 3.63. The minimum Gasteiger partial charge on any atom is -0.348 e. The second-order valence-corrected chi connectivity index (χ2v) is 3.88. The molecule has 0 aliphatic carbocycles. The van der Waals surface area contributed by atoms with Crippen LogP contribution < -0.4 is 0 Å². The van der Waals surface area contributed by atoms with Crippen LogP contribution in [0.2, 0.25) is 0 Å². The van der Waals surface area contributed by atoms with Crippen LogP contribution in [-0.2, 0) is 14.3 Å². The van der Waals surface area contributed by atoms with E-state index in [-0.39, 0.29) is 24.1 Å². The third-order valence-electron chi connectivity index (χ3n) is 2.59. The molecule has 0 aromatic carbocycles. The van der Waals surface area contributed by atoms with Gasteiger partial charge in [0.2, 0.25) is 5.91 Å². The van der Waals surface area contributed by atoms with E-state index in [0.717, 1.165) is 6.42 Å². The summed E-state index contributed by atoms with van der Waals surface area (Å²) in [5, 5.41) is 0. The number of nitrogens with zero attached hydrogens (tertiary/aromatic N) is 1. The SMILES string of the molecule is CCC(C)N(CC1OCCO1)C(=O)CCl. The Bertz CT molecular complexity index is 207. The normalized spacial score (nSPS) is 19.1. The van der Waals surface area contributed by atoms with Crippen molar-refractivity contribution in [1.82, 2.24) is 4.90 Å². The van der Waals surface area contributed by atoms with Gasteiger partial charge in [-0.15, -0.1) is 11.6 Å². The first-order valence-corrected chi connectivity index (χ1v) is 5.81. The zero-order valence-electron chi connectivity index (χ0n) is 9.24. The largest absolute Gasteiger partial charge is 0.348 e. The number of carbonyl (C=O) groups excluding carboxylic acids is 1. The number of carbonyl (C=O) groups is 1. The van der Waals surface area contributed by atoms with Gasteiger partial charge in [0.15, 0.2) is 6.29 Å². The lowest BCUT2D eigenvalue weighted by Gasteiger charge is -2.29. The fraction of sp³-hybridized carbons (Fsp3) is 0.900. The Balaban J connectivity index is 2.51. The zero-order valence-corrected chi connectivity index (χ0v) is 10.00. The quantitative estimate of drug-likeness (QED) is 0.673. The summed E-state index contributed by atoms with van der Waals surface area (Å²) in [7, 11) is 0. The van der Waals surface area contributed by atoms with Crippen molar-refractivity contribution in [2.24, 2.45) is 0 Å². The average molecular weight is 236 g/mol. The molecule has 1 heterocycles. The van der Waals surface area contributed by atoms with Gasteiger partial charge in [0.05, 0.1) is 19.8 Å². The Kier molecular flexibility index (Phi) is 5.36. The minimum atomic E-state index is -0.286. The summed E-state index contributed by atoms with van der Waals surface area (Å²) in [4.78, 5) is 13.3. The summed E-state index contributed by atoms with van der Waals surface area (Å²) in [6.45, 7) is 5.72. The van der Waals surface area contributed by atoms with E-state index in [4.69, 9.17) is 21.1 Å². The molecular weight excluding hydrogens is 218 g/mol. The van der Waals surface area contributed by atoms with Gasteiger partial charge in [-0.1, -0.05) is 6.92 Å². The molecule has 4 nitrogen and oxygen atoms in total. The molecule has 0 bridgehead atoms. The van der Waals surface area contributed by atoms with E-state index in [0.29, 0.717) is 19.8 Å². The summed E-state index contributed by atoms with van der Waals surface area (Å²) >= 11 is 5.56. The predicted octanol–water partition coefficient (Wildman–Crippen LogP) is 1.23. The Labute approximate surface area is 95.5 Å². The molecule has 5 heteroatoms. The van der Waals surface area contributed by atoms with Crippen molar-refractivity contribution >= 4 is 17.5 Å². The maximum absolute atomic E-state index is 11.6. The lowest BCUT2D eigenvalue weighted by molar-refractivity contribution is -0.137. The van der Waals surface area contributed by atoms with Gasteiger partial charge in [-0.2, -0.15) is 0 Å². The molecule has 1 unspecified atom stereocenters. The number of halogens is 1. The zero-order chi connectivity index (χ0) is 11.3. The van der Waals surface area contributed by atoms with Crippen molar-refractivity contribution in [2.45, 2.75) is 32.6 Å². The molecule has 1 atom stereocenters. The highest BCUT2D eigenvalue weighted by molar-refractivity contribution is 6.27. The van der Waals surface area contributed by atoms with Crippen LogP contribution in [0.1, 0.15) is 20.3 Å². The van der Waals surface area contributed by atoms with Gasteiger partial charge < -0.3 is 14.4 Å². The highest BCUT2D eigenvalue weighted by Crippen LogP contribution is 2.11. The maximum Gasteiger partial charge on any atom is 0.237 e. The number of hydrogen-bond acceptors (Lipinski definition) is 3. The Morgan fingerprint density at radius 3 is 2.60 bits per heavy atom. The molecular formula is C10H18ClNO3. The lowest BCUT2D eigenvalue weighted by Crippen LogP contribution is -2.44. The first-order chi connectivity index (χ1) is 7.19. The molecule has 0 N–H and O–H groups in total. The number of ether oxygens (including phenoxy) is 2. The lowest BCUT2D eigenvalue weighted by atomic mass is 10.2. The van der Waals surface area contributed by atoms with E-state index >= 15 is 0 Å². The van der Waals surface area contributed by atoms with Crippen molar-refractivity contribution in [1.29, 1.82) is 0 Å². The second kappa shape index (κ2) is 6.30. The third-order valence-corrected chi connectivity index (χ3v) is 2.82. The summed E-state index contributed by atoms with van der Waals surface area (Å²) in [6.07, 6.45) is 0.612. The van der Waals surface area contributed by atoms with Crippen molar-refractivity contribution in [3.05, 3.63) is 0 Å². The second-order valence-electron chi connectivity index (χ2n) is 3.61. The summed E-state index contributed by atoms with van der Waals surface area (Å²) in [6, 6.07) is 0.170. The molecule has 1 saturated heterocycles. The molecule has 1 amide bonds. The molecule has 0 aromatic heterocycles. The van der Waals surface area contributed by atoms with E-state index in [2.05, 4.69) is 0 Å². The summed E-state index contributed by atoms with van der Waals surface area (Å²) in [5.41, 5.74) is 0. The Morgan fingerprint density at radius 2 is 2.13 bits per heavy atom. The first-order valence-electron chi connectivity index (χ1n) is 5.27. The number of rotatable bonds is 5. The van der Waals surface area contributed by atoms with Gasteiger partial charge in [-0.05, 0) is 13.3 Å². The fourth-order valence-electron chi connectivity index (χ4n) is 1.50. The van der Waals surface area contributed by atoms with E-state index in [1.54, 1.807) is 4.90 Å². The molecule has 0 radical (unpaired) electrons. The first kappa shape index (κ1) is 12.7. The van der Waals surface area contributed by atoms with Crippen LogP contribution in [0.15, 0.2) is 0 Å². The van der Waals surface area contributed by atoms with Crippen molar-refractivity contribution in [3.63, 3.8) is 0 Å². The van der Waals surface area contributed by atoms with Gasteiger partial charge in [-0.3, -0.25) is 4.79 Å². The van der Waals surface area contributed by atoms with Gasteiger partial charge in [0, 0.05) is 6.04 Å². The maximum atomic E-state index is 11.6. The predicted molar refractivity (Wildman–Crippen MR) is 57.9 cm³/mol. The molecule has 1 aliphatic rings. The average Bonchev–Trinajstić information content (AvgIpc) is 2.76. The molecule has 1 rings (SSSR count). The van der Waals surface area contributed by atoms with E-state index < -0.39 is 0 Å². The molecule has 1 aliphatic heterocycles. The van der Waals surface area contributed by atoms with Crippen LogP contribution in [0.5, 0.6) is 0 Å². The molecule has 15 heavy (non-hydrogen) atoms. The molecule has 0 saturated carbocycles. The minimum absolute atomic E-state index is 0.0110. The number of amides is 1. The van der Waals surface area contributed by atoms with Gasteiger partial charge in [0.1, 0.15) is 5.88 Å². The highest BCUT2D eigenvalue weighted by atomic mass is 35.5. The van der Waals surface area contributed by atoms with E-state index in [1.807, 2.05) is 13.8 Å². The van der Waals surface area contributed by atoms with Gasteiger partial charge in [-0.25, -0.2) is 0 Å². The van der Waals surface area contributed by atoms with Crippen molar-refractivity contribution in [3.8, 4) is 0 Å². The molecule has 0 spiro atoms. The molecule has 1 fully saturated rings. The monoisotopic (exact) mass is 235 g/mol. The van der Waals surface area contributed by atoms with Crippen molar-refractivity contribution in [2.75, 3.05) is 25.6 Å². The van der Waals surface area contributed by atoms with Crippen molar-refractivity contribution < 1.29 is 14.3 Å². The van der Waals surface area contributed by atoms with E-state index in [9.17, 15) is 4.79 Å². The summed E-state index contributed by atoms with van der Waals surface area (Å²) in [5.74, 6) is -0.0537. The van der Waals surface area contributed by atoms with Crippen LogP contribution in [0.25, 0.3) is 0 Å². The standard InChI is InChI=1S/C10H18ClNO3/c1-3-8(2)12(9(13)6-11)7-10-14-4-5-15-10/h8,10H,3-7H2,1-2H3. The smallest absolute Gasteiger partial charge is 0.237 e. The Hall–Kier alpha value is -0.320. The van der Waals surface area contributed by atoms with Crippen LogP contribution >= 0.6 is 11.6 Å². The Morgan fingerprint density at radius 1 is 1.53 bits per heavy atom. The van der Waals surface area contributed by atoms with Crippen LogP contribution in [0.4, 0.5) is 0 Å². The van der Waals surface area contributed by atoms with Gasteiger partial charge >= 0.3 is 0 Å². The number of hydrogen-bond donors (Lipinski definition) is 0. The topological polar surface area (TPSA) is 38.8 Å². The van der Waals surface area contributed by atoms with E-state index in [1.165, 1.54) is 0 Å². The number of alkyl halides is 1. The van der Waals surface area contributed by atoms with Crippen LogP contribution in [0.3, 0.4) is 0 Å².